The van der Waals surface area contributed by atoms with Gasteiger partial charge in [-0.15, -0.1) is 10.2 Å². The number of likely N-dealkylation sites (N-methyl/N-ethyl adjacent to an activating group) is 1. The molecule has 1 saturated heterocycles. The number of aromatic nitrogens is 5. The molecular formula is C19H22N8O. The Bertz CT molecular complexity index is 1050. The second-order valence-electron chi connectivity index (χ2n) is 7.06. The molecule has 28 heavy (non-hydrogen) atoms. The summed E-state index contributed by atoms with van der Waals surface area (Å²) in [5.74, 6) is 1.19. The van der Waals surface area contributed by atoms with Gasteiger partial charge in [-0.3, -0.25) is 4.68 Å². The SMILES string of the molecule is COc1cc(C#N)cnc1-c1nnc(N[C@@H]2CCCN(C)C2)c2c1cnn2C. The normalized spacial score (nSPS) is 17.4. The maximum Gasteiger partial charge on any atom is 0.175 e. The molecule has 9 nitrogen and oxygen atoms in total. The average molecular weight is 378 g/mol. The number of nitrogens with zero attached hydrogens (tertiary/aromatic N) is 7. The average Bonchev–Trinajstić information content (AvgIpc) is 3.10. The molecule has 0 saturated carbocycles. The first kappa shape index (κ1) is 18.1. The fourth-order valence-corrected chi connectivity index (χ4v) is 3.68. The maximum absolute atomic E-state index is 9.11. The lowest BCUT2D eigenvalue weighted by Gasteiger charge is -2.30. The van der Waals surface area contributed by atoms with Crippen molar-refractivity contribution in [2.45, 2.75) is 18.9 Å². The largest absolute Gasteiger partial charge is 0.494 e. The van der Waals surface area contributed by atoms with Crippen molar-refractivity contribution in [1.29, 1.82) is 5.26 Å². The van der Waals surface area contributed by atoms with Crippen molar-refractivity contribution in [2.75, 3.05) is 32.6 Å². The van der Waals surface area contributed by atoms with E-state index in [9.17, 15) is 0 Å². The lowest BCUT2D eigenvalue weighted by Crippen LogP contribution is -2.40. The van der Waals surface area contributed by atoms with Gasteiger partial charge >= 0.3 is 0 Å². The zero-order valence-electron chi connectivity index (χ0n) is 16.2. The van der Waals surface area contributed by atoms with Crippen molar-refractivity contribution in [3.63, 3.8) is 0 Å². The van der Waals surface area contributed by atoms with E-state index in [1.165, 1.54) is 6.20 Å². The van der Waals surface area contributed by atoms with Gasteiger partial charge in [0.25, 0.3) is 0 Å². The highest BCUT2D eigenvalue weighted by Crippen LogP contribution is 2.34. The molecule has 0 aliphatic carbocycles. The molecule has 0 unspecified atom stereocenters. The van der Waals surface area contributed by atoms with Gasteiger partial charge in [0.2, 0.25) is 0 Å². The number of piperidine rings is 1. The first-order chi connectivity index (χ1) is 13.6. The van der Waals surface area contributed by atoms with Crippen LogP contribution in [0.5, 0.6) is 5.75 Å². The quantitative estimate of drug-likeness (QED) is 0.733. The van der Waals surface area contributed by atoms with Gasteiger partial charge in [0.05, 0.1) is 24.3 Å². The van der Waals surface area contributed by atoms with Crippen LogP contribution in [0.25, 0.3) is 22.3 Å². The number of nitriles is 1. The first-order valence-corrected chi connectivity index (χ1v) is 9.18. The van der Waals surface area contributed by atoms with E-state index in [-0.39, 0.29) is 0 Å². The Hall–Kier alpha value is -3.25. The third kappa shape index (κ3) is 3.23. The molecule has 0 amide bonds. The summed E-state index contributed by atoms with van der Waals surface area (Å²) in [7, 11) is 5.56. The minimum Gasteiger partial charge on any atom is -0.494 e. The van der Waals surface area contributed by atoms with Crippen LogP contribution in [0, 0.1) is 11.3 Å². The fraction of sp³-hybridized carbons (Fsp3) is 0.421. The molecule has 1 aliphatic heterocycles. The third-order valence-electron chi connectivity index (χ3n) is 5.06. The van der Waals surface area contributed by atoms with Crippen LogP contribution in [0.3, 0.4) is 0 Å². The van der Waals surface area contributed by atoms with Crippen LogP contribution in [0.1, 0.15) is 18.4 Å². The molecule has 1 atom stereocenters. The number of methoxy groups -OCH3 is 1. The lowest BCUT2D eigenvalue weighted by molar-refractivity contribution is 0.261. The van der Waals surface area contributed by atoms with Gasteiger partial charge in [0.1, 0.15) is 28.7 Å². The van der Waals surface area contributed by atoms with Gasteiger partial charge in [0, 0.05) is 31.9 Å². The van der Waals surface area contributed by atoms with Crippen molar-refractivity contribution < 1.29 is 4.74 Å². The number of ether oxygens (including phenoxy) is 1. The molecule has 1 N–H and O–H groups in total. The fourth-order valence-electron chi connectivity index (χ4n) is 3.68. The second-order valence-corrected chi connectivity index (χ2v) is 7.06. The van der Waals surface area contributed by atoms with Crippen LogP contribution in [-0.2, 0) is 7.05 Å². The zero-order chi connectivity index (χ0) is 19.7. The minimum absolute atomic E-state index is 0.319. The molecular weight excluding hydrogens is 356 g/mol. The molecule has 1 aliphatic rings. The second kappa shape index (κ2) is 7.40. The lowest BCUT2D eigenvalue weighted by atomic mass is 10.1. The van der Waals surface area contributed by atoms with E-state index in [0.29, 0.717) is 34.6 Å². The molecule has 4 heterocycles. The smallest absolute Gasteiger partial charge is 0.175 e. The highest BCUT2D eigenvalue weighted by atomic mass is 16.5. The van der Waals surface area contributed by atoms with Crippen LogP contribution in [0.15, 0.2) is 18.5 Å². The molecule has 9 heteroatoms. The summed E-state index contributed by atoms with van der Waals surface area (Å²) in [5, 5.41) is 26.8. The number of hydrogen-bond acceptors (Lipinski definition) is 8. The van der Waals surface area contributed by atoms with E-state index in [4.69, 9.17) is 10.00 Å². The van der Waals surface area contributed by atoms with Gasteiger partial charge < -0.3 is 15.0 Å². The van der Waals surface area contributed by atoms with E-state index in [1.54, 1.807) is 24.1 Å². The number of hydrogen-bond donors (Lipinski definition) is 1. The minimum atomic E-state index is 0.319. The number of rotatable bonds is 4. The summed E-state index contributed by atoms with van der Waals surface area (Å²) in [4.78, 5) is 6.71. The van der Waals surface area contributed by atoms with Gasteiger partial charge in [-0.25, -0.2) is 4.98 Å². The van der Waals surface area contributed by atoms with Crippen LogP contribution in [0.2, 0.25) is 0 Å². The molecule has 4 rings (SSSR count). The number of fused-ring (bicyclic) bond motifs is 1. The number of nitrogens with one attached hydrogen (secondary N) is 1. The Morgan fingerprint density at radius 1 is 1.25 bits per heavy atom. The molecule has 3 aromatic heterocycles. The predicted octanol–water partition coefficient (Wildman–Crippen LogP) is 1.81. The van der Waals surface area contributed by atoms with Gasteiger partial charge in [-0.2, -0.15) is 10.4 Å². The maximum atomic E-state index is 9.11. The summed E-state index contributed by atoms with van der Waals surface area (Å²) < 4.78 is 7.22. The monoisotopic (exact) mass is 378 g/mol. The highest BCUT2D eigenvalue weighted by molar-refractivity contribution is 5.98. The summed E-state index contributed by atoms with van der Waals surface area (Å²) in [6, 6.07) is 4.04. The van der Waals surface area contributed by atoms with Crippen molar-refractivity contribution in [3.8, 4) is 23.2 Å². The molecule has 3 aromatic rings. The van der Waals surface area contributed by atoms with E-state index in [0.717, 1.165) is 36.8 Å². The van der Waals surface area contributed by atoms with E-state index in [1.807, 2.05) is 7.05 Å². The van der Waals surface area contributed by atoms with Crippen LogP contribution in [-0.4, -0.2) is 63.2 Å². The Kier molecular flexibility index (Phi) is 4.79. The third-order valence-corrected chi connectivity index (χ3v) is 5.06. The predicted molar refractivity (Wildman–Crippen MR) is 105 cm³/mol. The topological polar surface area (TPSA) is 105 Å². The Morgan fingerprint density at radius 2 is 2.11 bits per heavy atom. The molecule has 0 radical (unpaired) electrons. The van der Waals surface area contributed by atoms with Crippen molar-refractivity contribution in [1.82, 2.24) is 29.9 Å². The van der Waals surface area contributed by atoms with Crippen LogP contribution >= 0.6 is 0 Å². The van der Waals surface area contributed by atoms with Gasteiger partial charge in [-0.1, -0.05) is 0 Å². The Morgan fingerprint density at radius 3 is 2.86 bits per heavy atom. The zero-order valence-corrected chi connectivity index (χ0v) is 16.2. The first-order valence-electron chi connectivity index (χ1n) is 9.18. The molecule has 144 valence electrons. The molecule has 0 spiro atoms. The van der Waals surface area contributed by atoms with Crippen LogP contribution in [0.4, 0.5) is 5.82 Å². The summed E-state index contributed by atoms with van der Waals surface area (Å²) in [6.45, 7) is 2.09. The summed E-state index contributed by atoms with van der Waals surface area (Å²) in [5.41, 5.74) is 2.41. The number of anilines is 1. The van der Waals surface area contributed by atoms with Gasteiger partial charge in [-0.05, 0) is 26.4 Å². The van der Waals surface area contributed by atoms with E-state index >= 15 is 0 Å². The van der Waals surface area contributed by atoms with Crippen LogP contribution < -0.4 is 10.1 Å². The van der Waals surface area contributed by atoms with Crippen molar-refractivity contribution in [3.05, 3.63) is 24.0 Å². The molecule has 0 aromatic carbocycles. The van der Waals surface area contributed by atoms with E-state index < -0.39 is 0 Å². The van der Waals surface area contributed by atoms with E-state index in [2.05, 4.69) is 43.6 Å². The Labute approximate surface area is 162 Å². The summed E-state index contributed by atoms with van der Waals surface area (Å²) in [6.07, 6.45) is 5.52. The summed E-state index contributed by atoms with van der Waals surface area (Å²) >= 11 is 0. The number of aryl methyl sites for hydroxylation is 1. The molecule has 0 bridgehead atoms. The standard InChI is InChI=1S/C19H22N8O/c1-26-6-4-5-13(11-26)23-19-18-14(10-22-27(18)2)16(24-25-19)17-15(28-3)7-12(8-20)9-21-17/h7,9-10,13H,4-6,11H2,1-3H3,(H,23,25)/t13-/m1/s1. The highest BCUT2D eigenvalue weighted by Gasteiger charge is 2.22. The number of pyridine rings is 1. The number of likely N-dealkylation sites (tertiary alicyclic amines) is 1. The van der Waals surface area contributed by atoms with Gasteiger partial charge in [0.15, 0.2) is 5.82 Å². The van der Waals surface area contributed by atoms with Crippen molar-refractivity contribution >= 4 is 16.7 Å². The van der Waals surface area contributed by atoms with Crippen molar-refractivity contribution in [2.24, 2.45) is 7.05 Å². The molecule has 1 fully saturated rings. The Balaban J connectivity index is 1.78.